The molecular formula is C14H13N5O6S2. The van der Waals surface area contributed by atoms with E-state index in [-0.39, 0.29) is 22.1 Å². The van der Waals surface area contributed by atoms with Crippen LogP contribution in [0.15, 0.2) is 34.5 Å². The van der Waals surface area contributed by atoms with Crippen molar-refractivity contribution in [1.29, 1.82) is 0 Å². The number of nitrogens with zero attached hydrogens (tertiary/aromatic N) is 3. The van der Waals surface area contributed by atoms with Gasteiger partial charge in [0, 0.05) is 11.0 Å². The van der Waals surface area contributed by atoms with Gasteiger partial charge in [0.05, 0.1) is 0 Å². The summed E-state index contributed by atoms with van der Waals surface area (Å²) < 4.78 is 0. The molecular weight excluding hydrogens is 398 g/mol. The molecule has 3 atom stereocenters. The highest BCUT2D eigenvalue weighted by atomic mass is 32.2. The SMILES string of the molecule is C=CC1=C(C(=O)O)N2C(=O)[C@@H](NC(=O)/C(=N\O)c3csc(N)n3)[C@H]2SC1O. The fourth-order valence-electron chi connectivity index (χ4n) is 2.68. The highest BCUT2D eigenvalue weighted by Crippen LogP contribution is 2.43. The minimum Gasteiger partial charge on any atom is -0.477 e. The van der Waals surface area contributed by atoms with E-state index in [9.17, 15) is 24.6 Å². The van der Waals surface area contributed by atoms with E-state index in [0.717, 1.165) is 28.0 Å². The first-order chi connectivity index (χ1) is 12.8. The summed E-state index contributed by atoms with van der Waals surface area (Å²) in [5, 5.41) is 34.6. The fraction of sp³-hybridized carbons (Fsp3) is 0.214. The van der Waals surface area contributed by atoms with E-state index in [1.807, 2.05) is 0 Å². The van der Waals surface area contributed by atoms with Crippen LogP contribution < -0.4 is 11.1 Å². The third-order valence-electron chi connectivity index (χ3n) is 3.88. The number of β-lactam (4-membered cyclic amide) rings is 1. The molecule has 2 amide bonds. The number of anilines is 1. The van der Waals surface area contributed by atoms with Gasteiger partial charge in [0.15, 0.2) is 10.8 Å². The van der Waals surface area contributed by atoms with Crippen LogP contribution in [0.4, 0.5) is 5.13 Å². The lowest BCUT2D eigenvalue weighted by molar-refractivity contribution is -0.150. The van der Waals surface area contributed by atoms with E-state index in [1.54, 1.807) is 0 Å². The highest BCUT2D eigenvalue weighted by molar-refractivity contribution is 8.00. The van der Waals surface area contributed by atoms with Gasteiger partial charge in [-0.25, -0.2) is 9.78 Å². The number of carboxylic acid groups (broad SMARTS) is 1. The standard InChI is InChI=1S/C14H13N5O6S2/c1-2-4-8(12(22)23)19-10(21)7(11(19)27-13(4)24)17-9(20)6(18-25)5-3-26-14(15)16-5/h2-3,7,11,13,24-25H,1H2,(H2,15,16)(H,17,20)(H,22,23)/b18-6-/t7-,11-,13?/m1/s1. The first-order valence-corrected chi connectivity index (χ1v) is 9.13. The second kappa shape index (κ2) is 7.02. The first kappa shape index (κ1) is 18.9. The summed E-state index contributed by atoms with van der Waals surface area (Å²) in [6.45, 7) is 3.45. The van der Waals surface area contributed by atoms with E-state index in [1.165, 1.54) is 11.5 Å². The van der Waals surface area contributed by atoms with Crippen molar-refractivity contribution in [2.75, 3.05) is 5.73 Å². The van der Waals surface area contributed by atoms with Crippen LogP contribution in [-0.2, 0) is 14.4 Å². The van der Waals surface area contributed by atoms with E-state index >= 15 is 0 Å². The fourth-order valence-corrected chi connectivity index (χ4v) is 4.52. The molecule has 3 rings (SSSR count). The van der Waals surface area contributed by atoms with Crippen molar-refractivity contribution >= 4 is 51.7 Å². The van der Waals surface area contributed by atoms with E-state index in [2.05, 4.69) is 22.0 Å². The first-order valence-electron chi connectivity index (χ1n) is 7.31. The van der Waals surface area contributed by atoms with Crippen LogP contribution in [0, 0.1) is 0 Å². The summed E-state index contributed by atoms with van der Waals surface area (Å²) in [5.74, 6) is -2.98. The Balaban J connectivity index is 1.82. The molecule has 13 heteroatoms. The van der Waals surface area contributed by atoms with Gasteiger partial charge in [-0.15, -0.1) is 11.3 Å². The number of nitrogens with two attached hydrogens (primary N) is 1. The number of aliphatic carboxylic acids is 1. The Morgan fingerprint density at radius 3 is 2.70 bits per heavy atom. The van der Waals surface area contributed by atoms with Gasteiger partial charge in [0.1, 0.15) is 28.2 Å². The Hall–Kier alpha value is -2.90. The molecule has 1 aromatic rings. The molecule has 1 aromatic heterocycles. The van der Waals surface area contributed by atoms with Crippen LogP contribution in [0.1, 0.15) is 5.69 Å². The number of oxime groups is 1. The molecule has 0 spiro atoms. The number of nitrogens with one attached hydrogen (secondary N) is 1. The second-order valence-electron chi connectivity index (χ2n) is 5.37. The lowest BCUT2D eigenvalue weighted by atomic mass is 10.0. The molecule has 2 aliphatic heterocycles. The van der Waals surface area contributed by atoms with Crippen molar-refractivity contribution in [2.45, 2.75) is 16.9 Å². The van der Waals surface area contributed by atoms with Crippen molar-refractivity contribution in [2.24, 2.45) is 5.16 Å². The molecule has 0 radical (unpaired) electrons. The molecule has 0 saturated carbocycles. The third-order valence-corrected chi connectivity index (χ3v) is 5.83. The molecule has 3 heterocycles. The van der Waals surface area contributed by atoms with Crippen LogP contribution in [0.5, 0.6) is 0 Å². The summed E-state index contributed by atoms with van der Waals surface area (Å²) in [5.41, 5.74) is 3.44. The van der Waals surface area contributed by atoms with Gasteiger partial charge in [0.25, 0.3) is 11.8 Å². The maximum Gasteiger partial charge on any atom is 0.353 e. The molecule has 27 heavy (non-hydrogen) atoms. The van der Waals surface area contributed by atoms with Crippen molar-refractivity contribution in [3.63, 3.8) is 0 Å². The van der Waals surface area contributed by atoms with Crippen molar-refractivity contribution in [3.05, 3.63) is 35.0 Å². The number of hydrogen-bond acceptors (Lipinski definition) is 10. The summed E-state index contributed by atoms with van der Waals surface area (Å²) in [6.07, 6.45) is 1.17. The van der Waals surface area contributed by atoms with E-state index in [0.29, 0.717) is 0 Å². The molecule has 0 bridgehead atoms. The topological polar surface area (TPSA) is 178 Å². The van der Waals surface area contributed by atoms with Gasteiger partial charge in [-0.2, -0.15) is 0 Å². The summed E-state index contributed by atoms with van der Waals surface area (Å²) in [4.78, 5) is 41.1. The number of thiazole rings is 1. The maximum atomic E-state index is 12.4. The number of rotatable bonds is 5. The minimum absolute atomic E-state index is 0.00238. The molecule has 2 aliphatic rings. The lowest BCUT2D eigenvalue weighted by Crippen LogP contribution is -2.71. The molecule has 142 valence electrons. The van der Waals surface area contributed by atoms with Crippen LogP contribution in [0.25, 0.3) is 0 Å². The summed E-state index contributed by atoms with van der Waals surface area (Å²) >= 11 is 1.91. The predicted molar refractivity (Wildman–Crippen MR) is 95.9 cm³/mol. The number of aliphatic hydroxyl groups is 1. The molecule has 0 aliphatic carbocycles. The van der Waals surface area contributed by atoms with Gasteiger partial charge >= 0.3 is 5.97 Å². The number of fused-ring (bicyclic) bond motifs is 1. The summed E-state index contributed by atoms with van der Waals surface area (Å²) in [7, 11) is 0. The Morgan fingerprint density at radius 1 is 1.48 bits per heavy atom. The summed E-state index contributed by atoms with van der Waals surface area (Å²) in [6, 6.07) is -1.12. The Kier molecular flexibility index (Phi) is 4.91. The van der Waals surface area contributed by atoms with Crippen LogP contribution in [0.3, 0.4) is 0 Å². The van der Waals surface area contributed by atoms with Crippen LogP contribution in [0.2, 0.25) is 0 Å². The number of hydrogen-bond donors (Lipinski definition) is 5. The maximum absolute atomic E-state index is 12.4. The van der Waals surface area contributed by atoms with E-state index in [4.69, 9.17) is 10.9 Å². The quantitative estimate of drug-likeness (QED) is 0.178. The van der Waals surface area contributed by atoms with Gasteiger partial charge in [-0.3, -0.25) is 14.5 Å². The number of amides is 2. The van der Waals surface area contributed by atoms with Gasteiger partial charge < -0.3 is 26.5 Å². The van der Waals surface area contributed by atoms with Crippen LogP contribution >= 0.6 is 23.1 Å². The van der Waals surface area contributed by atoms with Crippen LogP contribution in [-0.4, -0.2) is 65.7 Å². The lowest BCUT2D eigenvalue weighted by Gasteiger charge is -2.50. The van der Waals surface area contributed by atoms with Crippen molar-refractivity contribution in [3.8, 4) is 0 Å². The molecule has 0 aromatic carbocycles. The van der Waals surface area contributed by atoms with Crippen molar-refractivity contribution < 1.29 is 29.8 Å². The Morgan fingerprint density at radius 2 is 2.19 bits per heavy atom. The Labute approximate surface area is 159 Å². The van der Waals surface area contributed by atoms with E-state index < -0.39 is 40.3 Å². The number of carbonyl (C=O) groups excluding carboxylic acids is 2. The minimum atomic E-state index is -1.40. The number of carbonyl (C=O) groups is 3. The van der Waals surface area contributed by atoms with Gasteiger partial charge in [0.2, 0.25) is 0 Å². The average molecular weight is 411 g/mol. The number of aliphatic hydroxyl groups excluding tert-OH is 1. The van der Waals surface area contributed by atoms with Gasteiger partial charge in [-0.05, 0) is 0 Å². The number of aromatic nitrogens is 1. The number of thioether (sulfide) groups is 1. The molecule has 1 fully saturated rings. The Bertz CT molecular complexity index is 910. The monoisotopic (exact) mass is 411 g/mol. The number of carboxylic acids is 1. The predicted octanol–water partition coefficient (Wildman–Crippen LogP) is -0.853. The number of nitrogen functional groups attached to an aromatic ring is 1. The molecule has 1 unspecified atom stereocenters. The third kappa shape index (κ3) is 3.05. The largest absolute Gasteiger partial charge is 0.477 e. The second-order valence-corrected chi connectivity index (χ2v) is 7.46. The normalized spacial score (nSPS) is 24.9. The van der Waals surface area contributed by atoms with Crippen molar-refractivity contribution in [1.82, 2.24) is 15.2 Å². The average Bonchev–Trinajstić information content (AvgIpc) is 3.05. The molecule has 1 saturated heterocycles. The smallest absolute Gasteiger partial charge is 0.353 e. The zero-order valence-electron chi connectivity index (χ0n) is 13.4. The molecule has 6 N–H and O–H groups in total. The zero-order chi connectivity index (χ0) is 19.9. The van der Waals surface area contributed by atoms with Gasteiger partial charge in [-0.1, -0.05) is 29.6 Å². The molecule has 11 nitrogen and oxygen atoms in total. The highest BCUT2D eigenvalue weighted by Gasteiger charge is 2.56. The zero-order valence-corrected chi connectivity index (χ0v) is 15.0.